The van der Waals surface area contributed by atoms with Gasteiger partial charge in [0.2, 0.25) is 0 Å². The van der Waals surface area contributed by atoms with Gasteiger partial charge in [-0.25, -0.2) is 15.0 Å². The summed E-state index contributed by atoms with van der Waals surface area (Å²) in [4.78, 5) is 15.8. The van der Waals surface area contributed by atoms with Gasteiger partial charge in [-0.3, -0.25) is 0 Å². The molecule has 0 aliphatic carbocycles. The van der Waals surface area contributed by atoms with Gasteiger partial charge < -0.3 is 10.7 Å². The minimum atomic E-state index is -0.278. The second kappa shape index (κ2) is 4.11. The highest BCUT2D eigenvalue weighted by atomic mass is 31.1. The lowest BCUT2D eigenvalue weighted by atomic mass is 10.5. The van der Waals surface area contributed by atoms with Crippen LogP contribution in [0.25, 0.3) is 11.2 Å². The summed E-state index contributed by atoms with van der Waals surface area (Å²) in [6.45, 7) is 4.31. The zero-order valence-corrected chi connectivity index (χ0v) is 9.75. The van der Waals surface area contributed by atoms with Crippen LogP contribution in [0.3, 0.4) is 0 Å². The topological polar surface area (TPSA) is 80.5 Å². The molecule has 0 amide bonds. The third-order valence-electron chi connectivity index (χ3n) is 2.35. The number of nitrogens with one attached hydrogen (secondary N) is 1. The van der Waals surface area contributed by atoms with Crippen molar-refractivity contribution in [3.05, 3.63) is 6.33 Å². The van der Waals surface area contributed by atoms with Gasteiger partial charge in [0.1, 0.15) is 5.52 Å². The standard InChI is InChI=1S/C9H14N5P/c1-3-15(4-2)9-13-7(10)6-8(14-9)12-5-11-6/h5H,3-4H2,1-2H3,(H3,10,11,12,13,14). The van der Waals surface area contributed by atoms with Crippen molar-refractivity contribution in [3.63, 3.8) is 0 Å². The molecule has 15 heavy (non-hydrogen) atoms. The molecule has 2 aromatic heterocycles. The molecule has 0 spiro atoms. The number of nitrogen functional groups attached to an aromatic ring is 1. The molecule has 0 saturated carbocycles. The van der Waals surface area contributed by atoms with Crippen LogP contribution in [0.2, 0.25) is 0 Å². The maximum atomic E-state index is 5.84. The minimum Gasteiger partial charge on any atom is -0.382 e. The molecule has 2 aromatic rings. The van der Waals surface area contributed by atoms with Crippen LogP contribution in [0.1, 0.15) is 13.8 Å². The number of aromatic amines is 1. The smallest absolute Gasteiger partial charge is 0.183 e. The van der Waals surface area contributed by atoms with E-state index in [1.807, 2.05) is 0 Å². The number of imidazole rings is 1. The van der Waals surface area contributed by atoms with Gasteiger partial charge in [-0.15, -0.1) is 0 Å². The molecule has 2 rings (SSSR count). The molecule has 0 atom stereocenters. The fourth-order valence-electron chi connectivity index (χ4n) is 1.49. The number of nitrogens with two attached hydrogens (primary N) is 1. The lowest BCUT2D eigenvalue weighted by Crippen LogP contribution is -2.16. The van der Waals surface area contributed by atoms with Crippen LogP contribution >= 0.6 is 7.92 Å². The van der Waals surface area contributed by atoms with E-state index in [2.05, 4.69) is 33.8 Å². The van der Waals surface area contributed by atoms with E-state index in [1.165, 1.54) is 0 Å². The first kappa shape index (κ1) is 10.3. The Labute approximate surface area is 89.3 Å². The first-order valence-corrected chi connectivity index (χ1v) is 6.69. The van der Waals surface area contributed by atoms with E-state index in [-0.39, 0.29) is 7.92 Å². The predicted molar refractivity (Wildman–Crippen MR) is 63.7 cm³/mol. The molecular formula is C9H14N5P. The average Bonchev–Trinajstić information content (AvgIpc) is 2.68. The van der Waals surface area contributed by atoms with E-state index in [0.717, 1.165) is 23.4 Å². The lowest BCUT2D eigenvalue weighted by molar-refractivity contribution is 1.26. The molecule has 0 radical (unpaired) electrons. The fourth-order valence-corrected chi connectivity index (χ4v) is 2.99. The fraction of sp³-hybridized carbons (Fsp3) is 0.444. The third-order valence-corrected chi connectivity index (χ3v) is 4.64. The molecule has 5 nitrogen and oxygen atoms in total. The van der Waals surface area contributed by atoms with Gasteiger partial charge in [0.15, 0.2) is 17.0 Å². The Kier molecular flexibility index (Phi) is 2.82. The molecule has 0 aliphatic rings. The van der Waals surface area contributed by atoms with Crippen molar-refractivity contribution in [2.75, 3.05) is 18.1 Å². The van der Waals surface area contributed by atoms with E-state index < -0.39 is 0 Å². The number of hydrogen-bond donors (Lipinski definition) is 2. The van der Waals surface area contributed by atoms with Crippen LogP contribution in [0.5, 0.6) is 0 Å². The van der Waals surface area contributed by atoms with Gasteiger partial charge in [-0.05, 0) is 20.2 Å². The summed E-state index contributed by atoms with van der Waals surface area (Å²) in [6, 6.07) is 0. The summed E-state index contributed by atoms with van der Waals surface area (Å²) in [6.07, 6.45) is 3.77. The molecule has 0 aliphatic heterocycles. The summed E-state index contributed by atoms with van der Waals surface area (Å²) in [5.41, 5.74) is 8.11. The van der Waals surface area contributed by atoms with Crippen molar-refractivity contribution in [2.45, 2.75) is 13.8 Å². The van der Waals surface area contributed by atoms with Crippen LogP contribution in [0, 0.1) is 0 Å². The molecule has 0 bridgehead atoms. The second-order valence-corrected chi connectivity index (χ2v) is 5.93. The quantitative estimate of drug-likeness (QED) is 0.763. The molecular weight excluding hydrogens is 209 g/mol. The number of anilines is 1. The van der Waals surface area contributed by atoms with Gasteiger partial charge in [0.05, 0.1) is 6.33 Å². The van der Waals surface area contributed by atoms with Crippen molar-refractivity contribution in [3.8, 4) is 0 Å². The summed E-state index contributed by atoms with van der Waals surface area (Å²) >= 11 is 0. The Morgan fingerprint density at radius 3 is 2.73 bits per heavy atom. The van der Waals surface area contributed by atoms with E-state index in [0.29, 0.717) is 11.5 Å². The highest BCUT2D eigenvalue weighted by Crippen LogP contribution is 2.31. The largest absolute Gasteiger partial charge is 0.382 e. The van der Waals surface area contributed by atoms with Crippen LogP contribution in [-0.4, -0.2) is 32.3 Å². The molecule has 6 heteroatoms. The highest BCUT2D eigenvalue weighted by Gasteiger charge is 2.13. The Bertz CT molecular complexity index is 462. The molecule has 0 saturated heterocycles. The Balaban J connectivity index is 2.52. The summed E-state index contributed by atoms with van der Waals surface area (Å²) in [5.74, 6) is 0.502. The predicted octanol–water partition coefficient (Wildman–Crippen LogP) is 1.08. The Hall–Kier alpha value is -1.22. The molecule has 2 heterocycles. The second-order valence-electron chi connectivity index (χ2n) is 3.18. The lowest BCUT2D eigenvalue weighted by Gasteiger charge is -2.11. The van der Waals surface area contributed by atoms with Crippen molar-refractivity contribution in [1.29, 1.82) is 0 Å². The number of hydrogen-bond acceptors (Lipinski definition) is 4. The van der Waals surface area contributed by atoms with E-state index in [9.17, 15) is 0 Å². The average molecular weight is 223 g/mol. The molecule has 3 N–H and O–H groups in total. The Morgan fingerprint density at radius 1 is 1.33 bits per heavy atom. The van der Waals surface area contributed by atoms with E-state index in [1.54, 1.807) is 6.33 Å². The number of rotatable bonds is 3. The zero-order chi connectivity index (χ0) is 10.8. The van der Waals surface area contributed by atoms with Gasteiger partial charge in [0, 0.05) is 0 Å². The number of nitrogens with zero attached hydrogens (tertiary/aromatic N) is 3. The van der Waals surface area contributed by atoms with Crippen molar-refractivity contribution in [2.24, 2.45) is 0 Å². The normalized spacial score (nSPS) is 11.4. The van der Waals surface area contributed by atoms with E-state index >= 15 is 0 Å². The summed E-state index contributed by atoms with van der Waals surface area (Å²) < 4.78 is 0. The maximum Gasteiger partial charge on any atom is 0.183 e. The van der Waals surface area contributed by atoms with Crippen LogP contribution < -0.4 is 11.3 Å². The Morgan fingerprint density at radius 2 is 2.07 bits per heavy atom. The van der Waals surface area contributed by atoms with Crippen LogP contribution in [0.15, 0.2) is 6.33 Å². The van der Waals surface area contributed by atoms with Crippen molar-refractivity contribution >= 4 is 30.5 Å². The van der Waals surface area contributed by atoms with Gasteiger partial charge in [0.25, 0.3) is 0 Å². The van der Waals surface area contributed by atoms with Gasteiger partial charge in [-0.2, -0.15) is 0 Å². The summed E-state index contributed by atoms with van der Waals surface area (Å²) in [5, 5.41) is 0. The highest BCUT2D eigenvalue weighted by molar-refractivity contribution is 7.65. The summed E-state index contributed by atoms with van der Waals surface area (Å²) in [7, 11) is -0.278. The molecule has 80 valence electrons. The number of H-pyrrole nitrogens is 1. The van der Waals surface area contributed by atoms with Crippen LogP contribution in [0.4, 0.5) is 5.82 Å². The van der Waals surface area contributed by atoms with Crippen LogP contribution in [-0.2, 0) is 0 Å². The minimum absolute atomic E-state index is 0.278. The van der Waals surface area contributed by atoms with E-state index in [4.69, 9.17) is 5.73 Å². The SMILES string of the molecule is CCP(CC)c1nc(N)c2[nH]cnc2n1. The monoisotopic (exact) mass is 223 g/mol. The molecule has 0 fully saturated rings. The van der Waals surface area contributed by atoms with Crippen molar-refractivity contribution < 1.29 is 0 Å². The van der Waals surface area contributed by atoms with Gasteiger partial charge >= 0.3 is 0 Å². The first-order chi connectivity index (χ1) is 7.26. The molecule has 0 unspecified atom stereocenters. The third kappa shape index (κ3) is 1.79. The zero-order valence-electron chi connectivity index (χ0n) is 8.86. The number of aromatic nitrogens is 4. The van der Waals surface area contributed by atoms with Crippen molar-refractivity contribution in [1.82, 2.24) is 19.9 Å². The molecule has 0 aromatic carbocycles. The van der Waals surface area contributed by atoms with Gasteiger partial charge in [-0.1, -0.05) is 13.8 Å². The number of fused-ring (bicyclic) bond motifs is 1. The maximum absolute atomic E-state index is 5.84. The first-order valence-electron chi connectivity index (χ1n) is 4.97.